The van der Waals surface area contributed by atoms with E-state index in [-0.39, 0.29) is 11.8 Å². The summed E-state index contributed by atoms with van der Waals surface area (Å²) in [6, 6.07) is 14.5. The summed E-state index contributed by atoms with van der Waals surface area (Å²) in [5, 5.41) is 5.51. The molecule has 0 fully saturated rings. The normalized spacial score (nSPS) is 11.6. The summed E-state index contributed by atoms with van der Waals surface area (Å²) < 4.78 is 0. The van der Waals surface area contributed by atoms with Gasteiger partial charge >= 0.3 is 0 Å². The number of Topliss-reactive ketones (excluding diaryl/α,β-unsaturated/α-hetero) is 1. The standard InChI is InChI=1S/C15H17NO.C2H6/c1-11(17)15(16-2)10-12-7-8-13-5-3-4-6-14(13)9-12;1-2/h3-9,15-16H,10H2,1-2H3;1-2H3. The Kier molecular flexibility index (Phi) is 6.23. The Labute approximate surface area is 115 Å². The van der Waals surface area contributed by atoms with Crippen molar-refractivity contribution >= 4 is 16.6 Å². The number of benzene rings is 2. The van der Waals surface area contributed by atoms with Crippen LogP contribution in [0.15, 0.2) is 42.5 Å². The SMILES string of the molecule is CC.CNC(Cc1ccc2ccccc2c1)C(C)=O. The Hall–Kier alpha value is -1.67. The lowest BCUT2D eigenvalue weighted by molar-refractivity contribution is -0.118. The van der Waals surface area contributed by atoms with Crippen molar-refractivity contribution in [2.75, 3.05) is 7.05 Å². The summed E-state index contributed by atoms with van der Waals surface area (Å²) >= 11 is 0. The molecule has 0 aliphatic rings. The van der Waals surface area contributed by atoms with Gasteiger partial charge < -0.3 is 5.32 Å². The molecule has 2 heteroatoms. The maximum absolute atomic E-state index is 11.4. The Morgan fingerprint density at radius 2 is 1.74 bits per heavy atom. The van der Waals surface area contributed by atoms with Crippen molar-refractivity contribution < 1.29 is 4.79 Å². The largest absolute Gasteiger partial charge is 0.310 e. The summed E-state index contributed by atoms with van der Waals surface area (Å²) in [6.45, 7) is 5.63. The van der Waals surface area contributed by atoms with Crippen LogP contribution in [0.2, 0.25) is 0 Å². The van der Waals surface area contributed by atoms with Crippen molar-refractivity contribution in [2.24, 2.45) is 0 Å². The molecule has 0 aliphatic heterocycles. The predicted molar refractivity (Wildman–Crippen MR) is 82.5 cm³/mol. The highest BCUT2D eigenvalue weighted by molar-refractivity contribution is 5.84. The molecule has 2 rings (SSSR count). The van der Waals surface area contributed by atoms with E-state index in [2.05, 4.69) is 35.6 Å². The lowest BCUT2D eigenvalue weighted by atomic mass is 10.00. The molecular formula is C17H23NO. The fraction of sp³-hybridized carbons (Fsp3) is 0.353. The molecule has 1 unspecified atom stereocenters. The fourth-order valence-corrected chi connectivity index (χ4v) is 2.05. The third-order valence-electron chi connectivity index (χ3n) is 3.09. The molecule has 102 valence electrons. The lowest BCUT2D eigenvalue weighted by Crippen LogP contribution is -2.34. The van der Waals surface area contributed by atoms with Gasteiger partial charge in [-0.1, -0.05) is 56.3 Å². The third kappa shape index (κ3) is 4.18. The maximum Gasteiger partial charge on any atom is 0.147 e. The van der Waals surface area contributed by atoms with E-state index in [9.17, 15) is 4.79 Å². The van der Waals surface area contributed by atoms with E-state index in [1.54, 1.807) is 6.92 Å². The van der Waals surface area contributed by atoms with Crippen LogP contribution in [0.1, 0.15) is 26.3 Å². The van der Waals surface area contributed by atoms with Gasteiger partial charge in [0.05, 0.1) is 6.04 Å². The maximum atomic E-state index is 11.4. The van der Waals surface area contributed by atoms with Gasteiger partial charge in [0, 0.05) is 0 Å². The Morgan fingerprint density at radius 1 is 1.11 bits per heavy atom. The van der Waals surface area contributed by atoms with Crippen molar-refractivity contribution in [3.05, 3.63) is 48.0 Å². The molecule has 0 amide bonds. The average molecular weight is 257 g/mol. The number of hydrogen-bond donors (Lipinski definition) is 1. The molecular weight excluding hydrogens is 234 g/mol. The molecule has 0 saturated heterocycles. The number of hydrogen-bond acceptors (Lipinski definition) is 2. The van der Waals surface area contributed by atoms with Crippen LogP contribution in [0.25, 0.3) is 10.8 Å². The molecule has 0 aromatic heterocycles. The number of rotatable bonds is 4. The molecule has 2 aromatic rings. The van der Waals surface area contributed by atoms with Gasteiger partial charge in [-0.15, -0.1) is 0 Å². The Balaban J connectivity index is 0.000000861. The highest BCUT2D eigenvalue weighted by Gasteiger charge is 2.11. The molecule has 19 heavy (non-hydrogen) atoms. The second kappa shape index (κ2) is 7.70. The number of nitrogens with one attached hydrogen (secondary N) is 1. The van der Waals surface area contributed by atoms with E-state index in [1.807, 2.05) is 33.0 Å². The molecule has 1 N–H and O–H groups in total. The quantitative estimate of drug-likeness (QED) is 0.907. The van der Waals surface area contributed by atoms with Gasteiger partial charge in [-0.2, -0.15) is 0 Å². The molecule has 0 saturated carbocycles. The minimum atomic E-state index is -0.0869. The van der Waals surface area contributed by atoms with Crippen LogP contribution in [0, 0.1) is 0 Å². The number of likely N-dealkylation sites (N-methyl/N-ethyl adjacent to an activating group) is 1. The van der Waals surface area contributed by atoms with Crippen molar-refractivity contribution in [3.8, 4) is 0 Å². The van der Waals surface area contributed by atoms with Crippen LogP contribution in [-0.2, 0) is 11.2 Å². The first-order valence-corrected chi connectivity index (χ1v) is 6.86. The van der Waals surface area contributed by atoms with E-state index in [1.165, 1.54) is 16.3 Å². The van der Waals surface area contributed by atoms with E-state index in [4.69, 9.17) is 0 Å². The van der Waals surface area contributed by atoms with Gasteiger partial charge in [-0.05, 0) is 36.7 Å². The van der Waals surface area contributed by atoms with Crippen LogP contribution >= 0.6 is 0 Å². The zero-order valence-corrected chi connectivity index (χ0v) is 12.2. The summed E-state index contributed by atoms with van der Waals surface area (Å²) in [5.41, 5.74) is 1.19. The first-order chi connectivity index (χ1) is 9.20. The zero-order chi connectivity index (χ0) is 14.3. The number of carbonyl (C=O) groups excluding carboxylic acids is 1. The predicted octanol–water partition coefficient (Wildman–Crippen LogP) is 3.59. The summed E-state index contributed by atoms with van der Waals surface area (Å²) in [7, 11) is 1.83. The van der Waals surface area contributed by atoms with E-state index in [0.717, 1.165) is 6.42 Å². The van der Waals surface area contributed by atoms with Crippen molar-refractivity contribution in [1.29, 1.82) is 0 Å². The minimum absolute atomic E-state index is 0.0869. The van der Waals surface area contributed by atoms with Crippen molar-refractivity contribution in [2.45, 2.75) is 33.2 Å². The zero-order valence-electron chi connectivity index (χ0n) is 12.2. The van der Waals surface area contributed by atoms with Gasteiger partial charge in [0.2, 0.25) is 0 Å². The van der Waals surface area contributed by atoms with Gasteiger partial charge in [-0.3, -0.25) is 4.79 Å². The van der Waals surface area contributed by atoms with E-state index in [0.29, 0.717) is 0 Å². The van der Waals surface area contributed by atoms with Crippen molar-refractivity contribution in [1.82, 2.24) is 5.32 Å². The summed E-state index contributed by atoms with van der Waals surface area (Å²) in [4.78, 5) is 11.4. The molecule has 2 nitrogen and oxygen atoms in total. The second-order valence-corrected chi connectivity index (χ2v) is 4.34. The highest BCUT2D eigenvalue weighted by atomic mass is 16.1. The van der Waals surface area contributed by atoms with E-state index >= 15 is 0 Å². The average Bonchev–Trinajstić information content (AvgIpc) is 2.46. The molecule has 0 radical (unpaired) electrons. The molecule has 0 aliphatic carbocycles. The van der Waals surface area contributed by atoms with Gasteiger partial charge in [0.15, 0.2) is 0 Å². The highest BCUT2D eigenvalue weighted by Crippen LogP contribution is 2.16. The first-order valence-electron chi connectivity index (χ1n) is 6.86. The van der Waals surface area contributed by atoms with Crippen molar-refractivity contribution in [3.63, 3.8) is 0 Å². The molecule has 1 atom stereocenters. The molecule has 0 heterocycles. The minimum Gasteiger partial charge on any atom is -0.310 e. The Bertz CT molecular complexity index is 534. The number of fused-ring (bicyclic) bond motifs is 1. The van der Waals surface area contributed by atoms with Gasteiger partial charge in [0.25, 0.3) is 0 Å². The van der Waals surface area contributed by atoms with Gasteiger partial charge in [0.1, 0.15) is 5.78 Å². The first kappa shape index (κ1) is 15.4. The second-order valence-electron chi connectivity index (χ2n) is 4.34. The third-order valence-corrected chi connectivity index (χ3v) is 3.09. The van der Waals surface area contributed by atoms with Crippen LogP contribution < -0.4 is 5.32 Å². The summed E-state index contributed by atoms with van der Waals surface area (Å²) in [6.07, 6.45) is 0.747. The summed E-state index contributed by atoms with van der Waals surface area (Å²) in [5.74, 6) is 0.181. The smallest absolute Gasteiger partial charge is 0.147 e. The van der Waals surface area contributed by atoms with Crippen LogP contribution in [0.5, 0.6) is 0 Å². The topological polar surface area (TPSA) is 29.1 Å². The fourth-order valence-electron chi connectivity index (χ4n) is 2.05. The Morgan fingerprint density at radius 3 is 2.32 bits per heavy atom. The number of ketones is 1. The monoisotopic (exact) mass is 257 g/mol. The van der Waals surface area contributed by atoms with Crippen LogP contribution in [0.3, 0.4) is 0 Å². The lowest BCUT2D eigenvalue weighted by Gasteiger charge is -2.13. The van der Waals surface area contributed by atoms with E-state index < -0.39 is 0 Å². The number of carbonyl (C=O) groups is 1. The van der Waals surface area contributed by atoms with Gasteiger partial charge in [-0.25, -0.2) is 0 Å². The van der Waals surface area contributed by atoms with Crippen LogP contribution in [-0.4, -0.2) is 18.9 Å². The van der Waals surface area contributed by atoms with Crippen LogP contribution in [0.4, 0.5) is 0 Å². The molecule has 2 aromatic carbocycles. The molecule has 0 bridgehead atoms. The molecule has 0 spiro atoms.